The summed E-state index contributed by atoms with van der Waals surface area (Å²) in [5, 5.41) is 0. The molecule has 0 radical (unpaired) electrons. The van der Waals surface area contributed by atoms with E-state index in [4.69, 9.17) is 4.98 Å². The molecule has 3 rings (SSSR count). The van der Waals surface area contributed by atoms with Crippen molar-refractivity contribution >= 4 is 5.57 Å². The van der Waals surface area contributed by atoms with Crippen LogP contribution in [-0.2, 0) is 0 Å². The number of hydrogen-bond donors (Lipinski definition) is 0. The van der Waals surface area contributed by atoms with Crippen molar-refractivity contribution in [2.75, 3.05) is 0 Å². The Bertz CT molecular complexity index is 933. The van der Waals surface area contributed by atoms with Gasteiger partial charge in [0.15, 0.2) is 0 Å². The van der Waals surface area contributed by atoms with Gasteiger partial charge in [-0.2, -0.15) is 0 Å². The molecule has 0 atom stereocenters. The van der Waals surface area contributed by atoms with Crippen LogP contribution in [0.3, 0.4) is 0 Å². The van der Waals surface area contributed by atoms with Crippen LogP contribution in [0.25, 0.3) is 28.1 Å². The molecular weight excluding hydrogens is 314 g/mol. The molecule has 3 aromatic rings. The minimum Gasteiger partial charge on any atom is -0.248 e. The first-order valence-corrected chi connectivity index (χ1v) is 9.19. The van der Waals surface area contributed by atoms with Crippen molar-refractivity contribution in [1.29, 1.82) is 0 Å². The number of aryl methyl sites for hydroxylation is 1. The minimum atomic E-state index is 1.00. The molecule has 0 bridgehead atoms. The zero-order chi connectivity index (χ0) is 18.4. The van der Waals surface area contributed by atoms with Crippen molar-refractivity contribution < 1.29 is 0 Å². The van der Waals surface area contributed by atoms with E-state index >= 15 is 0 Å². The van der Waals surface area contributed by atoms with Crippen LogP contribution >= 0.6 is 0 Å². The number of allylic oxidation sites excluding steroid dienone is 4. The normalized spacial score (nSPS) is 11.9. The van der Waals surface area contributed by atoms with Gasteiger partial charge < -0.3 is 0 Å². The number of aromatic nitrogens is 1. The van der Waals surface area contributed by atoms with Gasteiger partial charge in [0, 0.05) is 11.1 Å². The third-order valence-corrected chi connectivity index (χ3v) is 4.31. The quantitative estimate of drug-likeness (QED) is 0.452. The average Bonchev–Trinajstić information content (AvgIpc) is 2.68. The lowest BCUT2D eigenvalue weighted by atomic mass is 9.98. The van der Waals surface area contributed by atoms with E-state index in [0.717, 1.165) is 28.9 Å². The van der Waals surface area contributed by atoms with E-state index in [1.807, 2.05) is 6.07 Å². The number of pyridine rings is 1. The van der Waals surface area contributed by atoms with Crippen molar-refractivity contribution in [3.63, 3.8) is 0 Å². The molecule has 1 heterocycles. The molecule has 0 aliphatic heterocycles. The van der Waals surface area contributed by atoms with E-state index in [2.05, 4.69) is 99.7 Å². The lowest BCUT2D eigenvalue weighted by Crippen LogP contribution is -1.93. The fraction of sp³-hybridized carbons (Fsp3) is 0.160. The average molecular weight is 339 g/mol. The molecule has 0 aliphatic rings. The fourth-order valence-corrected chi connectivity index (χ4v) is 3.09. The van der Waals surface area contributed by atoms with E-state index in [-0.39, 0.29) is 0 Å². The predicted molar refractivity (Wildman–Crippen MR) is 113 cm³/mol. The SMILES string of the molecule is C/C=C\C(=C/CC)c1cc(-c2ccccc2)nc(-c2cccc(C)c2)c1. The molecule has 0 spiro atoms. The first-order chi connectivity index (χ1) is 12.7. The zero-order valence-corrected chi connectivity index (χ0v) is 15.7. The van der Waals surface area contributed by atoms with E-state index in [0.29, 0.717) is 0 Å². The summed E-state index contributed by atoms with van der Waals surface area (Å²) >= 11 is 0. The molecule has 0 saturated heterocycles. The third-order valence-electron chi connectivity index (χ3n) is 4.31. The van der Waals surface area contributed by atoms with Gasteiger partial charge >= 0.3 is 0 Å². The fourth-order valence-electron chi connectivity index (χ4n) is 3.09. The first kappa shape index (κ1) is 17.9. The van der Waals surface area contributed by atoms with Gasteiger partial charge in [-0.25, -0.2) is 4.98 Å². The molecule has 0 aliphatic carbocycles. The van der Waals surface area contributed by atoms with E-state index in [9.17, 15) is 0 Å². The molecule has 0 N–H and O–H groups in total. The maximum atomic E-state index is 4.97. The summed E-state index contributed by atoms with van der Waals surface area (Å²) in [5.41, 5.74) is 8.00. The van der Waals surface area contributed by atoms with Gasteiger partial charge in [0.25, 0.3) is 0 Å². The van der Waals surface area contributed by atoms with Crippen molar-refractivity contribution in [1.82, 2.24) is 4.98 Å². The van der Waals surface area contributed by atoms with E-state index in [1.165, 1.54) is 16.7 Å². The highest BCUT2D eigenvalue weighted by atomic mass is 14.7. The van der Waals surface area contributed by atoms with Gasteiger partial charge in [-0.3, -0.25) is 0 Å². The van der Waals surface area contributed by atoms with Gasteiger partial charge in [0.2, 0.25) is 0 Å². The second-order valence-electron chi connectivity index (χ2n) is 6.43. The molecule has 130 valence electrons. The maximum absolute atomic E-state index is 4.97. The Morgan fingerprint density at radius 1 is 0.885 bits per heavy atom. The van der Waals surface area contributed by atoms with Crippen LogP contribution < -0.4 is 0 Å². The number of benzene rings is 2. The largest absolute Gasteiger partial charge is 0.248 e. The zero-order valence-electron chi connectivity index (χ0n) is 15.7. The Balaban J connectivity index is 2.21. The monoisotopic (exact) mass is 339 g/mol. The standard InChI is InChI=1S/C25H25N/c1-4-10-20(11-5-2)23-17-24(21-13-7-6-8-14-21)26-25(18-23)22-15-9-12-19(3)16-22/h4,6-18H,5H2,1-3H3/b10-4-,20-11+. The molecule has 0 amide bonds. The lowest BCUT2D eigenvalue weighted by molar-refractivity contribution is 1.22. The van der Waals surface area contributed by atoms with Gasteiger partial charge in [-0.1, -0.05) is 79.2 Å². The molecule has 1 heteroatoms. The summed E-state index contributed by atoms with van der Waals surface area (Å²) in [6, 6.07) is 23.3. The summed E-state index contributed by atoms with van der Waals surface area (Å²) < 4.78 is 0. The molecule has 1 nitrogen and oxygen atoms in total. The van der Waals surface area contributed by atoms with Crippen molar-refractivity contribution in [2.24, 2.45) is 0 Å². The third kappa shape index (κ3) is 4.18. The van der Waals surface area contributed by atoms with Crippen molar-refractivity contribution in [3.05, 3.63) is 96.1 Å². The number of nitrogens with zero attached hydrogens (tertiary/aromatic N) is 1. The molecule has 2 aromatic carbocycles. The Kier molecular flexibility index (Phi) is 5.80. The topological polar surface area (TPSA) is 12.9 Å². The summed E-state index contributed by atoms with van der Waals surface area (Å²) in [5.74, 6) is 0. The van der Waals surface area contributed by atoms with Crippen LogP contribution in [0.15, 0.2) is 85.0 Å². The summed E-state index contributed by atoms with van der Waals surface area (Å²) in [4.78, 5) is 4.97. The Morgan fingerprint density at radius 3 is 2.23 bits per heavy atom. The highest BCUT2D eigenvalue weighted by molar-refractivity contribution is 5.80. The maximum Gasteiger partial charge on any atom is 0.0715 e. The molecular formula is C25H25N. The smallest absolute Gasteiger partial charge is 0.0715 e. The number of hydrogen-bond acceptors (Lipinski definition) is 1. The van der Waals surface area contributed by atoms with Crippen LogP contribution in [0, 0.1) is 6.92 Å². The lowest BCUT2D eigenvalue weighted by Gasteiger charge is -2.11. The molecule has 0 fully saturated rings. The summed E-state index contributed by atoms with van der Waals surface area (Å²) in [7, 11) is 0. The highest BCUT2D eigenvalue weighted by Crippen LogP contribution is 2.29. The van der Waals surface area contributed by atoms with Crippen LogP contribution in [-0.4, -0.2) is 4.98 Å². The van der Waals surface area contributed by atoms with Crippen LogP contribution in [0.1, 0.15) is 31.4 Å². The Labute approximate surface area is 156 Å². The summed E-state index contributed by atoms with van der Waals surface area (Å²) in [6.07, 6.45) is 7.54. The van der Waals surface area contributed by atoms with Gasteiger partial charge in [-0.15, -0.1) is 0 Å². The molecule has 1 aromatic heterocycles. The van der Waals surface area contributed by atoms with E-state index < -0.39 is 0 Å². The van der Waals surface area contributed by atoms with Crippen LogP contribution in [0.4, 0.5) is 0 Å². The Morgan fingerprint density at radius 2 is 1.58 bits per heavy atom. The van der Waals surface area contributed by atoms with Gasteiger partial charge in [-0.05, 0) is 49.6 Å². The Hall–Kier alpha value is -2.93. The predicted octanol–water partition coefficient (Wildman–Crippen LogP) is 7.09. The second kappa shape index (κ2) is 8.44. The van der Waals surface area contributed by atoms with Crippen molar-refractivity contribution in [3.8, 4) is 22.5 Å². The van der Waals surface area contributed by atoms with Gasteiger partial charge in [0.1, 0.15) is 0 Å². The second-order valence-corrected chi connectivity index (χ2v) is 6.43. The van der Waals surface area contributed by atoms with Crippen molar-refractivity contribution in [2.45, 2.75) is 27.2 Å². The van der Waals surface area contributed by atoms with E-state index in [1.54, 1.807) is 0 Å². The first-order valence-electron chi connectivity index (χ1n) is 9.19. The number of rotatable bonds is 5. The minimum absolute atomic E-state index is 1.00. The molecule has 26 heavy (non-hydrogen) atoms. The van der Waals surface area contributed by atoms with Crippen LogP contribution in [0.5, 0.6) is 0 Å². The van der Waals surface area contributed by atoms with Crippen LogP contribution in [0.2, 0.25) is 0 Å². The highest BCUT2D eigenvalue weighted by Gasteiger charge is 2.09. The van der Waals surface area contributed by atoms with Gasteiger partial charge in [0.05, 0.1) is 11.4 Å². The summed E-state index contributed by atoms with van der Waals surface area (Å²) in [6.45, 7) is 6.35. The molecule has 0 unspecified atom stereocenters. The molecule has 0 saturated carbocycles.